The summed E-state index contributed by atoms with van der Waals surface area (Å²) in [7, 11) is 1.27. The first kappa shape index (κ1) is 15.6. The maximum atomic E-state index is 13.4. The van der Waals surface area contributed by atoms with Crippen molar-refractivity contribution < 1.29 is 13.9 Å². The second kappa shape index (κ2) is 6.45. The van der Waals surface area contributed by atoms with Gasteiger partial charge in [0.15, 0.2) is 0 Å². The predicted molar refractivity (Wildman–Crippen MR) is 85.3 cm³/mol. The van der Waals surface area contributed by atoms with E-state index in [1.165, 1.54) is 7.11 Å². The zero-order chi connectivity index (χ0) is 17.1. The number of hydrogen-bond donors (Lipinski definition) is 2. The second-order valence-electron chi connectivity index (χ2n) is 4.97. The lowest BCUT2D eigenvalue weighted by molar-refractivity contribution is 0.101. The van der Waals surface area contributed by atoms with Crippen molar-refractivity contribution in [1.29, 1.82) is 0 Å². The first-order valence-electron chi connectivity index (χ1n) is 7.07. The minimum Gasteiger partial charge on any atom is -0.479 e. The molecule has 122 valence electrons. The summed E-state index contributed by atoms with van der Waals surface area (Å²) in [6.45, 7) is 1.89. The zero-order valence-corrected chi connectivity index (χ0v) is 13.0. The Morgan fingerprint density at radius 3 is 2.75 bits per heavy atom. The summed E-state index contributed by atoms with van der Waals surface area (Å²) in [4.78, 5) is 27.1. The average Bonchev–Trinajstić information content (AvgIpc) is 3.02. The number of ether oxygens (including phenoxy) is 1. The summed E-state index contributed by atoms with van der Waals surface area (Å²) in [5.41, 5.74) is 2.15. The van der Waals surface area contributed by atoms with Crippen molar-refractivity contribution in [2.24, 2.45) is 0 Å². The van der Waals surface area contributed by atoms with Gasteiger partial charge in [-0.1, -0.05) is 12.1 Å². The van der Waals surface area contributed by atoms with Crippen LogP contribution in [0.3, 0.4) is 0 Å². The SMILES string of the molecule is COc1nc(C(=O)Nc2ccccc2-c2ncc(C)[nH]2)ncc1F. The molecular weight excluding hydrogens is 313 g/mol. The zero-order valence-electron chi connectivity index (χ0n) is 13.0. The summed E-state index contributed by atoms with van der Waals surface area (Å²) in [6.07, 6.45) is 2.59. The van der Waals surface area contributed by atoms with Crippen molar-refractivity contribution in [2.45, 2.75) is 6.92 Å². The molecule has 2 aromatic heterocycles. The summed E-state index contributed by atoms with van der Waals surface area (Å²) in [5, 5.41) is 2.70. The highest BCUT2D eigenvalue weighted by molar-refractivity contribution is 6.03. The summed E-state index contributed by atoms with van der Waals surface area (Å²) < 4.78 is 18.1. The highest BCUT2D eigenvalue weighted by Crippen LogP contribution is 2.25. The van der Waals surface area contributed by atoms with E-state index in [9.17, 15) is 9.18 Å². The van der Waals surface area contributed by atoms with Crippen molar-refractivity contribution in [2.75, 3.05) is 12.4 Å². The molecule has 8 heteroatoms. The van der Waals surface area contributed by atoms with Crippen LogP contribution in [0.2, 0.25) is 0 Å². The van der Waals surface area contributed by atoms with E-state index in [2.05, 4.69) is 25.3 Å². The van der Waals surface area contributed by atoms with Crippen LogP contribution in [0.25, 0.3) is 11.4 Å². The molecule has 1 amide bonds. The van der Waals surface area contributed by atoms with Crippen LogP contribution in [0.1, 0.15) is 16.3 Å². The number of aromatic amines is 1. The third-order valence-corrected chi connectivity index (χ3v) is 3.24. The smallest absolute Gasteiger partial charge is 0.293 e. The molecule has 3 aromatic rings. The quantitative estimate of drug-likeness (QED) is 0.768. The van der Waals surface area contributed by atoms with Crippen LogP contribution >= 0.6 is 0 Å². The molecule has 0 bridgehead atoms. The average molecular weight is 327 g/mol. The van der Waals surface area contributed by atoms with Crippen molar-refractivity contribution in [3.8, 4) is 17.3 Å². The number of aromatic nitrogens is 4. The van der Waals surface area contributed by atoms with E-state index in [4.69, 9.17) is 4.74 Å². The van der Waals surface area contributed by atoms with Gasteiger partial charge in [0.2, 0.25) is 11.6 Å². The van der Waals surface area contributed by atoms with Gasteiger partial charge in [-0.25, -0.2) is 9.97 Å². The summed E-state index contributed by atoms with van der Waals surface area (Å²) >= 11 is 0. The van der Waals surface area contributed by atoms with Gasteiger partial charge < -0.3 is 15.0 Å². The number of methoxy groups -OCH3 is 1. The Labute approximate surface area is 136 Å². The number of aryl methyl sites for hydroxylation is 1. The number of nitrogens with one attached hydrogen (secondary N) is 2. The number of para-hydroxylation sites is 1. The molecule has 1 aromatic carbocycles. The highest BCUT2D eigenvalue weighted by atomic mass is 19.1. The van der Waals surface area contributed by atoms with E-state index in [0.29, 0.717) is 17.1 Å². The van der Waals surface area contributed by atoms with E-state index in [0.717, 1.165) is 11.9 Å². The fourth-order valence-corrected chi connectivity index (χ4v) is 2.13. The second-order valence-corrected chi connectivity index (χ2v) is 4.97. The molecule has 3 rings (SSSR count). The Morgan fingerprint density at radius 2 is 2.04 bits per heavy atom. The van der Waals surface area contributed by atoms with Gasteiger partial charge in [0, 0.05) is 17.5 Å². The molecule has 0 aliphatic heterocycles. The van der Waals surface area contributed by atoms with E-state index in [1.807, 2.05) is 19.1 Å². The molecule has 0 spiro atoms. The lowest BCUT2D eigenvalue weighted by atomic mass is 10.1. The number of nitrogens with zero attached hydrogens (tertiary/aromatic N) is 3. The van der Waals surface area contributed by atoms with Gasteiger partial charge in [-0.2, -0.15) is 9.37 Å². The van der Waals surface area contributed by atoms with E-state index in [1.54, 1.807) is 18.3 Å². The van der Waals surface area contributed by atoms with Crippen LogP contribution in [0, 0.1) is 12.7 Å². The van der Waals surface area contributed by atoms with Gasteiger partial charge in [-0.3, -0.25) is 4.79 Å². The Bertz CT molecular complexity index is 894. The number of carbonyl (C=O) groups excluding carboxylic acids is 1. The summed E-state index contributed by atoms with van der Waals surface area (Å²) in [6, 6.07) is 7.16. The van der Waals surface area contributed by atoms with Gasteiger partial charge >= 0.3 is 0 Å². The third-order valence-electron chi connectivity index (χ3n) is 3.24. The van der Waals surface area contributed by atoms with Crippen LogP contribution < -0.4 is 10.1 Å². The number of halogens is 1. The number of hydrogen-bond acceptors (Lipinski definition) is 5. The Hall–Kier alpha value is -3.29. The highest BCUT2D eigenvalue weighted by Gasteiger charge is 2.16. The van der Waals surface area contributed by atoms with E-state index < -0.39 is 11.7 Å². The molecule has 0 aliphatic carbocycles. The minimum atomic E-state index is -0.736. The van der Waals surface area contributed by atoms with Crippen molar-refractivity contribution in [3.05, 3.63) is 54.0 Å². The van der Waals surface area contributed by atoms with Gasteiger partial charge in [-0.15, -0.1) is 0 Å². The number of benzene rings is 1. The summed E-state index contributed by atoms with van der Waals surface area (Å²) in [5.74, 6) is -1.17. The van der Waals surface area contributed by atoms with E-state index >= 15 is 0 Å². The molecule has 24 heavy (non-hydrogen) atoms. The van der Waals surface area contributed by atoms with Crippen LogP contribution in [-0.4, -0.2) is 33.0 Å². The standard InChI is InChI=1S/C16H14FN5O2/c1-9-7-18-13(20-9)10-5-3-4-6-12(10)21-15(23)14-19-8-11(17)16(22-14)24-2/h3-8H,1-2H3,(H,18,20)(H,21,23). The number of H-pyrrole nitrogens is 1. The Kier molecular flexibility index (Phi) is 4.19. The molecule has 0 aliphatic rings. The molecular formula is C16H14FN5O2. The van der Waals surface area contributed by atoms with Gasteiger partial charge in [0.25, 0.3) is 11.8 Å². The molecule has 0 saturated heterocycles. The monoisotopic (exact) mass is 327 g/mol. The molecule has 0 saturated carbocycles. The van der Waals surface area contributed by atoms with Crippen LogP contribution in [0.15, 0.2) is 36.7 Å². The van der Waals surface area contributed by atoms with Gasteiger partial charge in [0.1, 0.15) is 5.82 Å². The molecule has 0 fully saturated rings. The first-order chi connectivity index (χ1) is 11.6. The minimum absolute atomic E-state index is 0.196. The maximum absolute atomic E-state index is 13.4. The van der Waals surface area contributed by atoms with Crippen molar-refractivity contribution in [3.63, 3.8) is 0 Å². The normalized spacial score (nSPS) is 10.5. The van der Waals surface area contributed by atoms with Gasteiger partial charge in [0.05, 0.1) is 19.0 Å². The Balaban J connectivity index is 1.90. The number of rotatable bonds is 4. The van der Waals surface area contributed by atoms with Crippen LogP contribution in [-0.2, 0) is 0 Å². The number of anilines is 1. The molecule has 2 N–H and O–H groups in total. The molecule has 0 unspecified atom stereocenters. The largest absolute Gasteiger partial charge is 0.479 e. The molecule has 2 heterocycles. The first-order valence-corrected chi connectivity index (χ1v) is 7.07. The maximum Gasteiger partial charge on any atom is 0.293 e. The Morgan fingerprint density at radius 1 is 1.25 bits per heavy atom. The molecule has 7 nitrogen and oxygen atoms in total. The van der Waals surface area contributed by atoms with Crippen molar-refractivity contribution in [1.82, 2.24) is 19.9 Å². The fourth-order valence-electron chi connectivity index (χ4n) is 2.13. The molecule has 0 atom stereocenters. The van der Waals surface area contributed by atoms with Gasteiger partial charge in [-0.05, 0) is 19.1 Å². The van der Waals surface area contributed by atoms with E-state index in [-0.39, 0.29) is 11.7 Å². The predicted octanol–water partition coefficient (Wildman–Crippen LogP) is 2.58. The number of imidazole rings is 1. The lowest BCUT2D eigenvalue weighted by Gasteiger charge is -2.09. The third kappa shape index (κ3) is 3.07. The topological polar surface area (TPSA) is 92.8 Å². The van der Waals surface area contributed by atoms with Crippen LogP contribution in [0.5, 0.6) is 5.88 Å². The lowest BCUT2D eigenvalue weighted by Crippen LogP contribution is -2.17. The number of amides is 1. The number of carbonyl (C=O) groups is 1. The molecule has 0 radical (unpaired) electrons. The fraction of sp³-hybridized carbons (Fsp3) is 0.125. The van der Waals surface area contributed by atoms with Crippen molar-refractivity contribution >= 4 is 11.6 Å². The van der Waals surface area contributed by atoms with Crippen LogP contribution in [0.4, 0.5) is 10.1 Å².